The van der Waals surface area contributed by atoms with Crippen LogP contribution >= 0.6 is 0 Å². The molecule has 0 aliphatic heterocycles. The molecular formula is C74H120O5. The van der Waals surface area contributed by atoms with E-state index < -0.39 is 11.9 Å². The van der Waals surface area contributed by atoms with E-state index in [0.717, 1.165) is 55.2 Å². The standard InChI is InChI=1S/C38H60O3.C36H60O2/c1-7-8-9-10-11-12-13-14-15-16-17-18-19-20-21-27-36(39)41-37(40)31-33(3)25-22-24-32(2)28-29-35-34(4)26-23-30-38(35,5)6;1-7-8-9-10-11-12-13-14-15-16-17-18-19-25-35(37)38-30-28-32(3)23-20-22-31(2)26-27-34-33(4)24-21-29-36(34,5)6/h14-15,22,24-25,28-29,31H,7-13,16-21,23,26-27,30H2,1-6H3;20,22-23,26-28H,7-19,21,24-25,29-30H2,1-6H3/b15-14-,25-22+,29-28+,32-24+,33-31+;23-20+,27-26+,31-22+,32-28+. The third-order valence-corrected chi connectivity index (χ3v) is 15.9. The first-order valence-electron chi connectivity index (χ1n) is 32.3. The monoisotopic (exact) mass is 1090 g/mol. The van der Waals surface area contributed by atoms with Crippen LogP contribution in [-0.4, -0.2) is 24.5 Å². The summed E-state index contributed by atoms with van der Waals surface area (Å²) >= 11 is 0. The molecule has 2 aliphatic rings. The van der Waals surface area contributed by atoms with Gasteiger partial charge in [-0.05, 0) is 152 Å². The fourth-order valence-electron chi connectivity index (χ4n) is 10.7. The van der Waals surface area contributed by atoms with Crippen LogP contribution in [0.15, 0.2) is 130 Å². The van der Waals surface area contributed by atoms with Crippen molar-refractivity contribution in [3.8, 4) is 0 Å². The molecular weight excluding hydrogens is 969 g/mol. The molecule has 446 valence electrons. The summed E-state index contributed by atoms with van der Waals surface area (Å²) in [6, 6.07) is 0. The fraction of sp³-hybridized carbons (Fsp3) is 0.662. The summed E-state index contributed by atoms with van der Waals surface area (Å²) in [5, 5.41) is 0. The van der Waals surface area contributed by atoms with E-state index in [1.165, 1.54) is 201 Å². The van der Waals surface area contributed by atoms with Crippen LogP contribution in [0.25, 0.3) is 0 Å². The average molecular weight is 1090 g/mol. The zero-order valence-corrected chi connectivity index (χ0v) is 53.4. The zero-order valence-electron chi connectivity index (χ0n) is 53.4. The second kappa shape index (κ2) is 46.4. The fourth-order valence-corrected chi connectivity index (χ4v) is 10.7. The Bertz CT molecular complexity index is 2050. The Kier molecular flexibility index (Phi) is 42.7. The van der Waals surface area contributed by atoms with Crippen molar-refractivity contribution < 1.29 is 23.9 Å². The average Bonchev–Trinajstić information content (AvgIpc) is 3.40. The summed E-state index contributed by atoms with van der Waals surface area (Å²) in [7, 11) is 0. The molecule has 0 aromatic carbocycles. The van der Waals surface area contributed by atoms with Gasteiger partial charge in [0.15, 0.2) is 0 Å². The van der Waals surface area contributed by atoms with Crippen molar-refractivity contribution >= 4 is 17.9 Å². The highest BCUT2D eigenvalue weighted by Crippen LogP contribution is 2.42. The van der Waals surface area contributed by atoms with Gasteiger partial charge in [-0.3, -0.25) is 9.59 Å². The lowest BCUT2D eigenvalue weighted by atomic mass is 9.72. The van der Waals surface area contributed by atoms with Crippen molar-refractivity contribution in [2.24, 2.45) is 10.8 Å². The molecule has 0 radical (unpaired) electrons. The molecule has 0 aromatic rings. The highest BCUT2D eigenvalue weighted by atomic mass is 16.6. The number of hydrogen-bond acceptors (Lipinski definition) is 5. The second-order valence-electron chi connectivity index (χ2n) is 24.7. The summed E-state index contributed by atoms with van der Waals surface area (Å²) in [6.07, 6.45) is 70.3. The Balaban J connectivity index is 0.000000792. The van der Waals surface area contributed by atoms with E-state index in [2.05, 4.69) is 131 Å². The van der Waals surface area contributed by atoms with Gasteiger partial charge in [0.1, 0.15) is 6.61 Å². The first kappa shape index (κ1) is 72.8. The number of esters is 3. The van der Waals surface area contributed by atoms with E-state index >= 15 is 0 Å². The van der Waals surface area contributed by atoms with E-state index in [-0.39, 0.29) is 16.8 Å². The second-order valence-corrected chi connectivity index (χ2v) is 24.7. The maximum Gasteiger partial charge on any atom is 0.338 e. The van der Waals surface area contributed by atoms with Crippen LogP contribution in [0, 0.1) is 10.8 Å². The first-order valence-corrected chi connectivity index (χ1v) is 32.3. The molecule has 0 fully saturated rings. The van der Waals surface area contributed by atoms with Crippen LogP contribution in [0.4, 0.5) is 0 Å². The Morgan fingerprint density at radius 2 is 0.848 bits per heavy atom. The summed E-state index contributed by atoms with van der Waals surface area (Å²) < 4.78 is 10.4. The van der Waals surface area contributed by atoms with E-state index in [1.807, 2.05) is 31.2 Å². The van der Waals surface area contributed by atoms with Crippen molar-refractivity contribution in [3.63, 3.8) is 0 Å². The molecule has 0 unspecified atom stereocenters. The Morgan fingerprint density at radius 3 is 1.27 bits per heavy atom. The smallest absolute Gasteiger partial charge is 0.338 e. The minimum absolute atomic E-state index is 0.0720. The van der Waals surface area contributed by atoms with Crippen molar-refractivity contribution in [3.05, 3.63) is 130 Å². The van der Waals surface area contributed by atoms with Gasteiger partial charge < -0.3 is 9.47 Å². The first-order chi connectivity index (χ1) is 37.9. The summed E-state index contributed by atoms with van der Waals surface area (Å²) in [5.41, 5.74) is 10.7. The third-order valence-electron chi connectivity index (χ3n) is 15.9. The number of rotatable bonds is 40. The number of allylic oxidation sites excluding steroid dienone is 20. The Morgan fingerprint density at radius 1 is 0.468 bits per heavy atom. The number of carbonyl (C=O) groups excluding carboxylic acids is 3. The minimum Gasteiger partial charge on any atom is -0.461 e. The van der Waals surface area contributed by atoms with E-state index in [0.29, 0.717) is 19.4 Å². The van der Waals surface area contributed by atoms with Crippen LogP contribution in [-0.2, 0) is 23.9 Å². The number of carbonyl (C=O) groups is 3. The maximum absolute atomic E-state index is 12.1. The Hall–Kier alpha value is -4.25. The topological polar surface area (TPSA) is 69.7 Å². The van der Waals surface area contributed by atoms with Gasteiger partial charge in [0.05, 0.1) is 0 Å². The summed E-state index contributed by atoms with van der Waals surface area (Å²) in [6.45, 7) is 26.9. The molecule has 0 saturated heterocycles. The molecule has 0 aromatic heterocycles. The Labute approximate surface area is 488 Å². The quantitative estimate of drug-likeness (QED) is 0.0153. The van der Waals surface area contributed by atoms with Crippen LogP contribution in [0.2, 0.25) is 0 Å². The van der Waals surface area contributed by atoms with Crippen LogP contribution in [0.5, 0.6) is 0 Å². The molecule has 5 nitrogen and oxygen atoms in total. The molecule has 0 N–H and O–H groups in total. The largest absolute Gasteiger partial charge is 0.461 e. The molecule has 2 aliphatic carbocycles. The van der Waals surface area contributed by atoms with Gasteiger partial charge in [-0.2, -0.15) is 0 Å². The maximum atomic E-state index is 12.1. The van der Waals surface area contributed by atoms with Gasteiger partial charge in [0.25, 0.3) is 0 Å². The van der Waals surface area contributed by atoms with Crippen LogP contribution < -0.4 is 0 Å². The van der Waals surface area contributed by atoms with Gasteiger partial charge in [-0.25, -0.2) is 4.79 Å². The van der Waals surface area contributed by atoms with Gasteiger partial charge in [0.2, 0.25) is 0 Å². The highest BCUT2D eigenvalue weighted by Gasteiger charge is 2.27. The van der Waals surface area contributed by atoms with E-state index in [9.17, 15) is 14.4 Å². The third kappa shape index (κ3) is 39.7. The van der Waals surface area contributed by atoms with E-state index in [1.54, 1.807) is 0 Å². The van der Waals surface area contributed by atoms with E-state index in [4.69, 9.17) is 9.47 Å². The number of hydrogen-bond donors (Lipinski definition) is 0. The van der Waals surface area contributed by atoms with Crippen molar-refractivity contribution in [1.29, 1.82) is 0 Å². The van der Waals surface area contributed by atoms with Crippen LogP contribution in [0.3, 0.4) is 0 Å². The van der Waals surface area contributed by atoms with Crippen molar-refractivity contribution in [2.75, 3.05) is 6.61 Å². The highest BCUT2D eigenvalue weighted by molar-refractivity contribution is 5.92. The number of ether oxygens (including phenoxy) is 2. The minimum atomic E-state index is -0.590. The molecule has 5 heteroatoms. The van der Waals surface area contributed by atoms with Gasteiger partial charge in [-0.15, -0.1) is 0 Å². The molecule has 0 spiro atoms. The van der Waals surface area contributed by atoms with Gasteiger partial charge in [0, 0.05) is 18.9 Å². The van der Waals surface area contributed by atoms with Crippen molar-refractivity contribution in [2.45, 2.75) is 301 Å². The molecule has 0 atom stereocenters. The van der Waals surface area contributed by atoms with Gasteiger partial charge >= 0.3 is 17.9 Å². The molecule has 0 saturated carbocycles. The molecule has 2 rings (SSSR count). The molecule has 79 heavy (non-hydrogen) atoms. The normalized spacial score (nSPS) is 16.6. The molecule has 0 amide bonds. The summed E-state index contributed by atoms with van der Waals surface area (Å²) in [5.74, 6) is -1.10. The van der Waals surface area contributed by atoms with Gasteiger partial charge in [-0.1, -0.05) is 271 Å². The van der Waals surface area contributed by atoms with Crippen LogP contribution in [0.1, 0.15) is 301 Å². The predicted octanol–water partition coefficient (Wildman–Crippen LogP) is 23.2. The lowest BCUT2D eigenvalue weighted by Crippen LogP contribution is -2.19. The molecule has 0 heterocycles. The molecule has 0 bridgehead atoms. The van der Waals surface area contributed by atoms with Crippen molar-refractivity contribution in [1.82, 2.24) is 0 Å². The predicted molar refractivity (Wildman–Crippen MR) is 344 cm³/mol. The SMILES string of the molecule is CCCCCCCC/C=C\CCCCCCCC(=O)OC(=O)/C=C(C)/C=C/C=C(C)/C=C/C1=C(C)CCCC1(C)C.CCCCCCCCCCCCCCCC(=O)OC/C=C(C)/C=C/C=C(C)/C=C/C1=C(C)CCCC1(C)C. The summed E-state index contributed by atoms with van der Waals surface area (Å²) in [4.78, 5) is 36.1. The lowest BCUT2D eigenvalue weighted by Gasteiger charge is -2.33. The number of unbranched alkanes of at least 4 members (excludes halogenated alkanes) is 23. The zero-order chi connectivity index (χ0) is 58.4. The lowest BCUT2D eigenvalue weighted by molar-refractivity contribution is -0.156.